The van der Waals surface area contributed by atoms with Crippen LogP contribution in [0.15, 0.2) is 23.4 Å². The van der Waals surface area contributed by atoms with E-state index in [0.29, 0.717) is 0 Å². The van der Waals surface area contributed by atoms with E-state index in [4.69, 9.17) is 5.73 Å². The van der Waals surface area contributed by atoms with Gasteiger partial charge in [-0.3, -0.25) is 9.88 Å². The van der Waals surface area contributed by atoms with Crippen LogP contribution in [0.5, 0.6) is 0 Å². The van der Waals surface area contributed by atoms with Gasteiger partial charge in [0, 0.05) is 49.6 Å². The molecule has 17 heavy (non-hydrogen) atoms. The van der Waals surface area contributed by atoms with Crippen molar-refractivity contribution in [2.45, 2.75) is 4.90 Å². The van der Waals surface area contributed by atoms with Crippen LogP contribution in [0.1, 0.15) is 0 Å². The maximum absolute atomic E-state index is 5.85. The minimum Gasteiger partial charge on any atom is -0.397 e. The third-order valence-electron chi connectivity index (χ3n) is 3.07. The molecule has 2 N–H and O–H groups in total. The second-order valence-corrected chi connectivity index (χ2v) is 5.54. The lowest BCUT2D eigenvalue weighted by Crippen LogP contribution is -2.45. The molecule has 0 radical (unpaired) electrons. The number of rotatable bonds is 4. The number of anilines is 1. The van der Waals surface area contributed by atoms with Crippen molar-refractivity contribution < 1.29 is 0 Å². The molecule has 5 heteroatoms. The van der Waals surface area contributed by atoms with Gasteiger partial charge in [0.2, 0.25) is 0 Å². The molecule has 0 spiro atoms. The molecule has 0 atom stereocenters. The summed E-state index contributed by atoms with van der Waals surface area (Å²) in [4.78, 5) is 10.0. The topological polar surface area (TPSA) is 45.4 Å². The Bertz CT molecular complexity index is 350. The molecule has 1 aromatic rings. The molecule has 1 fully saturated rings. The summed E-state index contributed by atoms with van der Waals surface area (Å²) >= 11 is 1.82. The number of likely N-dealkylation sites (N-methyl/N-ethyl adjacent to an activating group) is 1. The van der Waals surface area contributed by atoms with Crippen LogP contribution in [0.4, 0.5) is 5.69 Å². The number of hydrogen-bond donors (Lipinski definition) is 1. The van der Waals surface area contributed by atoms with Crippen molar-refractivity contribution in [1.82, 2.24) is 14.8 Å². The SMILES string of the molecule is CN1CCN(CCSc2ccncc2N)CC1. The number of nitrogen functional groups attached to an aromatic ring is 1. The fraction of sp³-hybridized carbons (Fsp3) is 0.583. The molecule has 0 unspecified atom stereocenters. The number of nitrogens with zero attached hydrogens (tertiary/aromatic N) is 3. The monoisotopic (exact) mass is 252 g/mol. The lowest BCUT2D eigenvalue weighted by Gasteiger charge is -2.32. The van der Waals surface area contributed by atoms with Crippen LogP contribution in [-0.2, 0) is 0 Å². The van der Waals surface area contributed by atoms with Crippen molar-refractivity contribution in [3.05, 3.63) is 18.5 Å². The van der Waals surface area contributed by atoms with E-state index in [1.807, 2.05) is 17.8 Å². The molecule has 0 saturated carbocycles. The molecule has 0 aromatic carbocycles. The van der Waals surface area contributed by atoms with Gasteiger partial charge in [-0.05, 0) is 13.1 Å². The van der Waals surface area contributed by atoms with Gasteiger partial charge in [-0.15, -0.1) is 11.8 Å². The molecule has 2 rings (SSSR count). The van der Waals surface area contributed by atoms with Gasteiger partial charge in [0.15, 0.2) is 0 Å². The Balaban J connectivity index is 1.71. The first-order valence-electron chi connectivity index (χ1n) is 5.99. The van der Waals surface area contributed by atoms with E-state index in [2.05, 4.69) is 21.8 Å². The van der Waals surface area contributed by atoms with Gasteiger partial charge in [0.25, 0.3) is 0 Å². The number of thioether (sulfide) groups is 1. The van der Waals surface area contributed by atoms with Crippen LogP contribution in [-0.4, -0.2) is 60.3 Å². The van der Waals surface area contributed by atoms with Gasteiger partial charge in [-0.2, -0.15) is 0 Å². The number of hydrogen-bond acceptors (Lipinski definition) is 5. The highest BCUT2D eigenvalue weighted by Gasteiger charge is 2.13. The van der Waals surface area contributed by atoms with Crippen molar-refractivity contribution in [3.63, 3.8) is 0 Å². The van der Waals surface area contributed by atoms with Crippen molar-refractivity contribution in [3.8, 4) is 0 Å². The predicted octanol–water partition coefficient (Wildman–Crippen LogP) is 1.00. The Morgan fingerprint density at radius 1 is 1.35 bits per heavy atom. The highest BCUT2D eigenvalue weighted by atomic mass is 32.2. The lowest BCUT2D eigenvalue weighted by molar-refractivity contribution is 0.161. The van der Waals surface area contributed by atoms with Crippen LogP contribution in [0, 0.1) is 0 Å². The van der Waals surface area contributed by atoms with Gasteiger partial charge in [-0.25, -0.2) is 0 Å². The highest BCUT2D eigenvalue weighted by Crippen LogP contribution is 2.23. The molecule has 1 aliphatic rings. The Hall–Kier alpha value is -0.780. The zero-order chi connectivity index (χ0) is 12.1. The average molecular weight is 252 g/mol. The minimum absolute atomic E-state index is 0.788. The molecule has 0 aliphatic carbocycles. The Labute approximate surface area is 107 Å². The van der Waals surface area contributed by atoms with Crippen LogP contribution in [0.2, 0.25) is 0 Å². The fourth-order valence-electron chi connectivity index (χ4n) is 1.88. The fourth-order valence-corrected chi connectivity index (χ4v) is 2.83. The van der Waals surface area contributed by atoms with E-state index < -0.39 is 0 Å². The summed E-state index contributed by atoms with van der Waals surface area (Å²) in [6.45, 7) is 5.87. The van der Waals surface area contributed by atoms with Gasteiger partial charge in [0.1, 0.15) is 0 Å². The molecule has 94 valence electrons. The average Bonchev–Trinajstić information content (AvgIpc) is 2.34. The summed E-state index contributed by atoms with van der Waals surface area (Å²) in [5.41, 5.74) is 6.64. The molecule has 0 amide bonds. The van der Waals surface area contributed by atoms with E-state index in [9.17, 15) is 0 Å². The molecule has 1 aliphatic heterocycles. The van der Waals surface area contributed by atoms with Gasteiger partial charge >= 0.3 is 0 Å². The summed E-state index contributed by atoms with van der Waals surface area (Å²) in [5, 5.41) is 0. The molecule has 4 nitrogen and oxygen atoms in total. The molecular weight excluding hydrogens is 232 g/mol. The van der Waals surface area contributed by atoms with E-state index in [1.54, 1.807) is 12.4 Å². The Morgan fingerprint density at radius 2 is 2.12 bits per heavy atom. The molecule has 1 aromatic heterocycles. The molecule has 1 saturated heterocycles. The zero-order valence-electron chi connectivity index (χ0n) is 10.3. The maximum atomic E-state index is 5.85. The van der Waals surface area contributed by atoms with Crippen molar-refractivity contribution in [2.75, 3.05) is 51.3 Å². The summed E-state index contributed by atoms with van der Waals surface area (Å²) in [7, 11) is 2.18. The third-order valence-corrected chi connectivity index (χ3v) is 4.14. The van der Waals surface area contributed by atoms with Gasteiger partial charge < -0.3 is 10.6 Å². The first-order valence-corrected chi connectivity index (χ1v) is 6.97. The molecule has 0 bridgehead atoms. The third kappa shape index (κ3) is 3.87. The first-order chi connectivity index (χ1) is 8.25. The summed E-state index contributed by atoms with van der Waals surface area (Å²) in [6.07, 6.45) is 3.52. The second-order valence-electron chi connectivity index (χ2n) is 4.41. The second kappa shape index (κ2) is 6.23. The van der Waals surface area contributed by atoms with Crippen molar-refractivity contribution >= 4 is 17.4 Å². The number of pyridine rings is 1. The van der Waals surface area contributed by atoms with E-state index >= 15 is 0 Å². The van der Waals surface area contributed by atoms with E-state index in [0.717, 1.165) is 22.9 Å². The largest absolute Gasteiger partial charge is 0.397 e. The van der Waals surface area contributed by atoms with E-state index in [-0.39, 0.29) is 0 Å². The number of piperazine rings is 1. The van der Waals surface area contributed by atoms with Crippen LogP contribution in [0.25, 0.3) is 0 Å². The summed E-state index contributed by atoms with van der Waals surface area (Å²) in [6, 6.07) is 1.99. The highest BCUT2D eigenvalue weighted by molar-refractivity contribution is 7.99. The summed E-state index contributed by atoms with van der Waals surface area (Å²) in [5.74, 6) is 1.10. The zero-order valence-corrected chi connectivity index (χ0v) is 11.1. The smallest absolute Gasteiger partial charge is 0.0638 e. The van der Waals surface area contributed by atoms with Crippen LogP contribution in [0.3, 0.4) is 0 Å². The standard InChI is InChI=1S/C12H20N4S/c1-15-4-6-16(7-5-15)8-9-17-12-2-3-14-10-11(12)13/h2-3,10H,4-9,13H2,1H3. The molecule has 2 heterocycles. The van der Waals surface area contributed by atoms with Gasteiger partial charge in [-0.1, -0.05) is 0 Å². The minimum atomic E-state index is 0.788. The molecular formula is C12H20N4S. The Morgan fingerprint density at radius 3 is 2.82 bits per heavy atom. The summed E-state index contributed by atoms with van der Waals surface area (Å²) < 4.78 is 0. The van der Waals surface area contributed by atoms with E-state index in [1.165, 1.54) is 26.2 Å². The van der Waals surface area contributed by atoms with Crippen molar-refractivity contribution in [1.29, 1.82) is 0 Å². The number of nitrogens with two attached hydrogens (primary N) is 1. The predicted molar refractivity (Wildman–Crippen MR) is 73.3 cm³/mol. The lowest BCUT2D eigenvalue weighted by atomic mass is 10.3. The Kier molecular flexibility index (Phi) is 4.65. The normalized spacial score (nSPS) is 18.4. The quantitative estimate of drug-likeness (QED) is 0.810. The van der Waals surface area contributed by atoms with Gasteiger partial charge in [0.05, 0.1) is 11.9 Å². The van der Waals surface area contributed by atoms with Crippen molar-refractivity contribution in [2.24, 2.45) is 0 Å². The maximum Gasteiger partial charge on any atom is 0.0638 e. The van der Waals surface area contributed by atoms with Crippen LogP contribution < -0.4 is 5.73 Å². The van der Waals surface area contributed by atoms with Crippen LogP contribution >= 0.6 is 11.8 Å². The number of aromatic nitrogens is 1. The first kappa shape index (κ1) is 12.7.